The Morgan fingerprint density at radius 1 is 1.02 bits per heavy atom. The molecule has 256 valence electrons. The summed E-state index contributed by atoms with van der Waals surface area (Å²) in [4.78, 5) is 31.6. The van der Waals surface area contributed by atoms with E-state index in [4.69, 9.17) is 4.74 Å². The van der Waals surface area contributed by atoms with Crippen LogP contribution in [0.25, 0.3) is 17.1 Å². The van der Waals surface area contributed by atoms with Gasteiger partial charge in [-0.3, -0.25) is 18.6 Å². The number of hydrogen-bond acceptors (Lipinski definition) is 7. The first-order chi connectivity index (χ1) is 22.7. The van der Waals surface area contributed by atoms with Gasteiger partial charge in [-0.1, -0.05) is 11.9 Å². The molecule has 5 rings (SSSR count). The predicted molar refractivity (Wildman–Crippen MR) is 164 cm³/mol. The molecule has 0 radical (unpaired) electrons. The van der Waals surface area contributed by atoms with E-state index in [-0.39, 0.29) is 28.7 Å². The Hall–Kier alpha value is -4.51. The van der Waals surface area contributed by atoms with Crippen LogP contribution < -0.4 is 20.3 Å². The molecular weight excluding hydrogens is 671 g/mol. The maximum absolute atomic E-state index is 15.5. The van der Waals surface area contributed by atoms with E-state index in [0.717, 1.165) is 61.3 Å². The van der Waals surface area contributed by atoms with Gasteiger partial charge >= 0.3 is 12.8 Å². The van der Waals surface area contributed by atoms with Crippen molar-refractivity contribution >= 4 is 23.5 Å². The van der Waals surface area contributed by atoms with Crippen LogP contribution in [0.2, 0.25) is 0 Å². The number of aromatic nitrogens is 3. The zero-order valence-electron chi connectivity index (χ0n) is 25.6. The number of halogens is 7. The molecule has 1 aliphatic heterocycles. The van der Waals surface area contributed by atoms with Crippen LogP contribution in [0, 0.1) is 11.6 Å². The van der Waals surface area contributed by atoms with Gasteiger partial charge in [0.15, 0.2) is 5.82 Å². The van der Waals surface area contributed by atoms with Gasteiger partial charge in [-0.25, -0.2) is 13.8 Å². The number of anilines is 1. The van der Waals surface area contributed by atoms with E-state index in [9.17, 15) is 31.5 Å². The van der Waals surface area contributed by atoms with Crippen molar-refractivity contribution in [3.63, 3.8) is 0 Å². The second-order valence-corrected chi connectivity index (χ2v) is 11.6. The minimum absolute atomic E-state index is 0.194. The number of alkyl halides is 5. The Labute approximate surface area is 273 Å². The highest BCUT2D eigenvalue weighted by Crippen LogP contribution is 2.38. The van der Waals surface area contributed by atoms with Crippen LogP contribution in [0.1, 0.15) is 40.4 Å². The summed E-state index contributed by atoms with van der Waals surface area (Å²) >= 11 is 1.54. The van der Waals surface area contributed by atoms with Crippen LogP contribution in [-0.4, -0.2) is 57.6 Å². The number of carbonyl (C=O) groups is 1. The normalized spacial score (nSPS) is 14.4. The topological polar surface area (TPSA) is 90.6 Å². The van der Waals surface area contributed by atoms with E-state index in [1.165, 1.54) is 6.07 Å². The van der Waals surface area contributed by atoms with E-state index in [1.807, 2.05) is 6.26 Å². The van der Waals surface area contributed by atoms with E-state index in [2.05, 4.69) is 19.3 Å². The van der Waals surface area contributed by atoms with Gasteiger partial charge in [0.05, 0.1) is 12.7 Å². The van der Waals surface area contributed by atoms with Crippen molar-refractivity contribution in [1.29, 1.82) is 0 Å². The van der Waals surface area contributed by atoms with Crippen molar-refractivity contribution in [3.05, 3.63) is 87.3 Å². The second kappa shape index (κ2) is 13.9. The summed E-state index contributed by atoms with van der Waals surface area (Å²) in [6, 6.07) is 7.89. The minimum Gasteiger partial charge on any atom is -0.497 e. The lowest BCUT2D eigenvalue weighted by atomic mass is 9.93. The molecule has 9 nitrogen and oxygen atoms in total. The molecule has 0 unspecified atom stereocenters. The van der Waals surface area contributed by atoms with Crippen molar-refractivity contribution in [2.45, 2.75) is 31.5 Å². The minimum atomic E-state index is -5.00. The highest BCUT2D eigenvalue weighted by atomic mass is 32.2. The Morgan fingerprint density at radius 2 is 1.65 bits per heavy atom. The van der Waals surface area contributed by atoms with Gasteiger partial charge < -0.3 is 14.8 Å². The molecule has 0 saturated carbocycles. The third kappa shape index (κ3) is 7.01. The van der Waals surface area contributed by atoms with Gasteiger partial charge in [0.2, 0.25) is 0 Å². The highest BCUT2D eigenvalue weighted by Gasteiger charge is 2.38. The maximum atomic E-state index is 15.5. The fraction of sp³-hybridized carbons (Fsp3) is 0.323. The zero-order chi connectivity index (χ0) is 34.9. The van der Waals surface area contributed by atoms with Crippen LogP contribution in [0.4, 0.5) is 36.4 Å². The summed E-state index contributed by atoms with van der Waals surface area (Å²) in [5.41, 5.74) is -4.72. The van der Waals surface area contributed by atoms with Gasteiger partial charge in [-0.2, -0.15) is 26.6 Å². The summed E-state index contributed by atoms with van der Waals surface area (Å²) in [5, 5.41) is 2.25. The lowest BCUT2D eigenvalue weighted by molar-refractivity contribution is -0.137. The van der Waals surface area contributed by atoms with E-state index >= 15 is 8.78 Å². The van der Waals surface area contributed by atoms with Gasteiger partial charge in [0.25, 0.3) is 11.5 Å². The number of carbonyl (C=O) groups excluding carboxylic acids is 1. The molecule has 3 heterocycles. The SMILES string of the molecule is COc1cc(F)c(-c2c(NC(=O)c3ccc(OC(F)F)cc3)c(=O)n(-c3nc(C4CCN(SC)CC4)ccc3C(F)(F)F)n2C)c(F)c1. The molecule has 1 N–H and O–H groups in total. The molecule has 4 aromatic rings. The summed E-state index contributed by atoms with van der Waals surface area (Å²) in [7, 11) is 2.25. The zero-order valence-corrected chi connectivity index (χ0v) is 26.4. The Morgan fingerprint density at radius 3 is 2.19 bits per heavy atom. The van der Waals surface area contributed by atoms with Crippen LogP contribution >= 0.6 is 11.9 Å². The Kier molecular flexibility index (Phi) is 10.1. The van der Waals surface area contributed by atoms with Gasteiger partial charge in [0, 0.05) is 49.4 Å². The first-order valence-electron chi connectivity index (χ1n) is 14.3. The molecule has 48 heavy (non-hydrogen) atoms. The average molecular weight is 700 g/mol. The number of rotatable bonds is 9. The number of methoxy groups -OCH3 is 1. The summed E-state index contributed by atoms with van der Waals surface area (Å²) in [6.07, 6.45) is -1.93. The van der Waals surface area contributed by atoms with Crippen molar-refractivity contribution in [2.75, 3.05) is 31.8 Å². The fourth-order valence-corrected chi connectivity index (χ4v) is 6.09. The molecule has 0 bridgehead atoms. The molecule has 2 aromatic heterocycles. The summed E-state index contributed by atoms with van der Waals surface area (Å²) in [6.45, 7) is -1.83. The number of pyridine rings is 1. The highest BCUT2D eigenvalue weighted by molar-refractivity contribution is 7.96. The van der Waals surface area contributed by atoms with Gasteiger partial charge in [-0.15, -0.1) is 0 Å². The maximum Gasteiger partial charge on any atom is 0.420 e. The molecule has 2 aromatic carbocycles. The number of nitrogens with one attached hydrogen (secondary N) is 1. The van der Waals surface area contributed by atoms with Gasteiger partial charge in [0.1, 0.15) is 40.1 Å². The van der Waals surface area contributed by atoms with Crippen molar-refractivity contribution < 1.29 is 45.0 Å². The van der Waals surface area contributed by atoms with E-state index in [1.54, 1.807) is 11.9 Å². The molecule has 0 spiro atoms. The molecular formula is C31H28F7N5O4S. The Balaban J connectivity index is 1.70. The molecule has 1 fully saturated rings. The summed E-state index contributed by atoms with van der Waals surface area (Å²) < 4.78 is 112. The van der Waals surface area contributed by atoms with Crippen molar-refractivity contribution in [3.8, 4) is 28.6 Å². The fourth-order valence-electron chi connectivity index (χ4n) is 5.52. The monoisotopic (exact) mass is 699 g/mol. The number of nitrogens with zero attached hydrogens (tertiary/aromatic N) is 4. The second-order valence-electron chi connectivity index (χ2n) is 10.7. The van der Waals surface area contributed by atoms with Gasteiger partial charge in [-0.05, 0) is 55.5 Å². The third-order valence-electron chi connectivity index (χ3n) is 7.87. The largest absolute Gasteiger partial charge is 0.497 e. The van der Waals surface area contributed by atoms with Crippen molar-refractivity contribution in [2.24, 2.45) is 7.05 Å². The Bertz CT molecular complexity index is 1850. The molecule has 0 aliphatic carbocycles. The molecule has 0 atom stereocenters. The first kappa shape index (κ1) is 34.8. The molecule has 17 heteroatoms. The average Bonchev–Trinajstić information content (AvgIpc) is 3.27. The van der Waals surface area contributed by atoms with Crippen LogP contribution in [0.3, 0.4) is 0 Å². The van der Waals surface area contributed by atoms with Crippen LogP contribution in [0.5, 0.6) is 11.5 Å². The smallest absolute Gasteiger partial charge is 0.420 e. The van der Waals surface area contributed by atoms with Crippen molar-refractivity contribution in [1.82, 2.24) is 18.7 Å². The number of amides is 1. The molecule has 1 aliphatic rings. The predicted octanol–water partition coefficient (Wildman–Crippen LogP) is 6.85. The number of piperidine rings is 1. The van der Waals surface area contributed by atoms with E-state index in [0.29, 0.717) is 30.6 Å². The number of benzene rings is 2. The molecule has 1 saturated heterocycles. The number of hydrogen-bond donors (Lipinski definition) is 1. The lowest BCUT2D eigenvalue weighted by Crippen LogP contribution is -2.29. The quantitative estimate of drug-likeness (QED) is 0.151. The standard InChI is InChI=1S/C31H28F7N5O4S/c1-41-26(24-21(32)14-19(46-2)15-22(24)33)25(40-28(44)17-4-6-18(7-5-17)47-30(34)35)29(45)43(41)27-20(31(36,37)38)8-9-23(39-27)16-10-12-42(48-3)13-11-16/h4-9,14-16,30H,10-13H2,1-3H3,(H,40,44). The first-order valence-corrected chi connectivity index (χ1v) is 15.5. The van der Waals surface area contributed by atoms with Crippen LogP contribution in [0.15, 0.2) is 53.3 Å². The van der Waals surface area contributed by atoms with Crippen LogP contribution in [-0.2, 0) is 13.2 Å². The lowest BCUT2D eigenvalue weighted by Gasteiger charge is -2.30. The van der Waals surface area contributed by atoms with E-state index < -0.39 is 64.2 Å². The number of ether oxygens (including phenoxy) is 2. The third-order valence-corrected chi connectivity index (χ3v) is 8.75. The molecule has 1 amide bonds. The summed E-state index contributed by atoms with van der Waals surface area (Å²) in [5.74, 6) is -5.14.